The SMILES string of the molecule is C=C[C@]1(C)CCC[C@H]2OC(=O)C[C@H]21. The topological polar surface area (TPSA) is 26.3 Å². The number of carbonyl (C=O) groups excluding carboxylic acids is 1. The van der Waals surface area contributed by atoms with E-state index in [4.69, 9.17) is 4.74 Å². The summed E-state index contributed by atoms with van der Waals surface area (Å²) >= 11 is 0. The van der Waals surface area contributed by atoms with Gasteiger partial charge in [-0.1, -0.05) is 13.0 Å². The van der Waals surface area contributed by atoms with Gasteiger partial charge in [-0.2, -0.15) is 0 Å². The number of allylic oxidation sites excluding steroid dienone is 1. The Morgan fingerprint density at radius 1 is 1.69 bits per heavy atom. The van der Waals surface area contributed by atoms with Crippen molar-refractivity contribution in [3.05, 3.63) is 12.7 Å². The van der Waals surface area contributed by atoms with Crippen LogP contribution < -0.4 is 0 Å². The molecule has 1 aliphatic carbocycles. The average Bonchev–Trinajstić information content (AvgIpc) is 2.48. The quantitative estimate of drug-likeness (QED) is 0.457. The first kappa shape index (κ1) is 8.79. The van der Waals surface area contributed by atoms with Crippen LogP contribution in [0.5, 0.6) is 0 Å². The first-order chi connectivity index (χ1) is 6.15. The Bertz CT molecular complexity index is 246. The molecular weight excluding hydrogens is 164 g/mol. The number of rotatable bonds is 1. The molecule has 3 atom stereocenters. The molecule has 2 rings (SSSR count). The second-order valence-electron chi connectivity index (χ2n) is 4.44. The molecule has 0 spiro atoms. The summed E-state index contributed by atoms with van der Waals surface area (Å²) in [6, 6.07) is 0. The van der Waals surface area contributed by atoms with Crippen molar-refractivity contribution in [3.63, 3.8) is 0 Å². The summed E-state index contributed by atoms with van der Waals surface area (Å²) in [6.07, 6.45) is 6.11. The molecule has 2 aliphatic rings. The first-order valence-corrected chi connectivity index (χ1v) is 4.99. The Kier molecular flexibility index (Phi) is 1.94. The summed E-state index contributed by atoms with van der Waals surface area (Å²) in [7, 11) is 0. The van der Waals surface area contributed by atoms with Crippen molar-refractivity contribution >= 4 is 5.97 Å². The Hall–Kier alpha value is -0.790. The van der Waals surface area contributed by atoms with E-state index in [1.165, 1.54) is 0 Å². The maximum atomic E-state index is 11.2. The lowest BCUT2D eigenvalue weighted by Gasteiger charge is -2.38. The molecule has 2 fully saturated rings. The number of ether oxygens (including phenoxy) is 1. The van der Waals surface area contributed by atoms with Crippen LogP contribution in [0, 0.1) is 11.3 Å². The lowest BCUT2D eigenvalue weighted by molar-refractivity contribution is -0.142. The van der Waals surface area contributed by atoms with Gasteiger partial charge in [0.05, 0.1) is 6.42 Å². The number of hydrogen-bond acceptors (Lipinski definition) is 2. The van der Waals surface area contributed by atoms with E-state index < -0.39 is 0 Å². The molecule has 0 unspecified atom stereocenters. The maximum absolute atomic E-state index is 11.2. The van der Waals surface area contributed by atoms with Gasteiger partial charge in [-0.3, -0.25) is 4.79 Å². The summed E-state index contributed by atoms with van der Waals surface area (Å²) in [5, 5.41) is 0. The van der Waals surface area contributed by atoms with Crippen molar-refractivity contribution in [2.45, 2.75) is 38.7 Å². The van der Waals surface area contributed by atoms with Crippen molar-refractivity contribution in [3.8, 4) is 0 Å². The third-order valence-electron chi connectivity index (χ3n) is 3.64. The summed E-state index contributed by atoms with van der Waals surface area (Å²) < 4.78 is 5.28. The first-order valence-electron chi connectivity index (χ1n) is 4.99. The van der Waals surface area contributed by atoms with E-state index in [0.717, 1.165) is 19.3 Å². The van der Waals surface area contributed by atoms with Crippen LogP contribution >= 0.6 is 0 Å². The molecule has 0 radical (unpaired) electrons. The minimum Gasteiger partial charge on any atom is -0.462 e. The van der Waals surface area contributed by atoms with Crippen LogP contribution in [-0.4, -0.2) is 12.1 Å². The van der Waals surface area contributed by atoms with E-state index >= 15 is 0 Å². The lowest BCUT2D eigenvalue weighted by atomic mass is 9.66. The van der Waals surface area contributed by atoms with Gasteiger partial charge in [0.25, 0.3) is 0 Å². The molecule has 0 N–H and O–H groups in total. The Morgan fingerprint density at radius 2 is 2.46 bits per heavy atom. The molecule has 0 aromatic heterocycles. The predicted octanol–water partition coefficient (Wildman–Crippen LogP) is 2.29. The highest BCUT2D eigenvalue weighted by atomic mass is 16.5. The summed E-state index contributed by atoms with van der Waals surface area (Å²) in [4.78, 5) is 11.2. The van der Waals surface area contributed by atoms with E-state index in [-0.39, 0.29) is 17.5 Å². The number of fused-ring (bicyclic) bond motifs is 1. The fourth-order valence-electron chi connectivity index (χ4n) is 2.65. The van der Waals surface area contributed by atoms with Gasteiger partial charge in [0.1, 0.15) is 6.10 Å². The predicted molar refractivity (Wildman–Crippen MR) is 50.1 cm³/mol. The average molecular weight is 180 g/mol. The minimum atomic E-state index is -0.0232. The maximum Gasteiger partial charge on any atom is 0.306 e. The molecule has 0 aromatic carbocycles. The smallest absolute Gasteiger partial charge is 0.306 e. The lowest BCUT2D eigenvalue weighted by Crippen LogP contribution is -2.35. The number of esters is 1. The Balaban J connectivity index is 2.23. The molecule has 13 heavy (non-hydrogen) atoms. The Labute approximate surface area is 79.0 Å². The van der Waals surface area contributed by atoms with Crippen LogP contribution in [0.2, 0.25) is 0 Å². The van der Waals surface area contributed by atoms with Gasteiger partial charge in [-0.15, -0.1) is 6.58 Å². The van der Waals surface area contributed by atoms with Crippen molar-refractivity contribution in [1.82, 2.24) is 0 Å². The third-order valence-corrected chi connectivity index (χ3v) is 3.64. The zero-order valence-corrected chi connectivity index (χ0v) is 8.08. The molecule has 2 nitrogen and oxygen atoms in total. The van der Waals surface area contributed by atoms with Gasteiger partial charge in [-0.25, -0.2) is 0 Å². The van der Waals surface area contributed by atoms with Crippen LogP contribution in [0.4, 0.5) is 0 Å². The van der Waals surface area contributed by atoms with Gasteiger partial charge in [0, 0.05) is 5.92 Å². The highest BCUT2D eigenvalue weighted by molar-refractivity contribution is 5.72. The van der Waals surface area contributed by atoms with Crippen LogP contribution in [-0.2, 0) is 9.53 Å². The van der Waals surface area contributed by atoms with Gasteiger partial charge in [0.2, 0.25) is 0 Å². The van der Waals surface area contributed by atoms with E-state index in [1.807, 2.05) is 6.08 Å². The monoisotopic (exact) mass is 180 g/mol. The highest BCUT2D eigenvalue weighted by Crippen LogP contribution is 2.47. The van der Waals surface area contributed by atoms with E-state index in [1.54, 1.807) is 0 Å². The molecule has 0 aromatic rings. The number of hydrogen-bond donors (Lipinski definition) is 0. The van der Waals surface area contributed by atoms with Crippen LogP contribution in [0.25, 0.3) is 0 Å². The van der Waals surface area contributed by atoms with Crippen molar-refractivity contribution in [1.29, 1.82) is 0 Å². The van der Waals surface area contributed by atoms with Crippen LogP contribution in [0.1, 0.15) is 32.6 Å². The zero-order valence-electron chi connectivity index (χ0n) is 8.08. The van der Waals surface area contributed by atoms with Crippen molar-refractivity contribution in [2.75, 3.05) is 0 Å². The van der Waals surface area contributed by atoms with Crippen LogP contribution in [0.3, 0.4) is 0 Å². The summed E-state index contributed by atoms with van der Waals surface area (Å²) in [6.45, 7) is 6.07. The molecule has 1 heterocycles. The summed E-state index contributed by atoms with van der Waals surface area (Å²) in [5.41, 5.74) is 0.120. The standard InChI is InChI=1S/C11H16O2/c1-3-11(2)6-4-5-9-8(11)7-10(12)13-9/h3,8-9H,1,4-7H2,2H3/t8-,9-,11-/m1/s1. The fraction of sp³-hybridized carbons (Fsp3) is 0.727. The second-order valence-corrected chi connectivity index (χ2v) is 4.44. The van der Waals surface area contributed by atoms with Crippen LogP contribution in [0.15, 0.2) is 12.7 Å². The van der Waals surface area contributed by atoms with E-state index in [9.17, 15) is 4.79 Å². The van der Waals surface area contributed by atoms with Gasteiger partial charge < -0.3 is 4.74 Å². The largest absolute Gasteiger partial charge is 0.462 e. The summed E-state index contributed by atoms with van der Waals surface area (Å²) in [5.74, 6) is 0.358. The molecular formula is C11H16O2. The van der Waals surface area contributed by atoms with Gasteiger partial charge in [0.15, 0.2) is 0 Å². The minimum absolute atomic E-state index is 0.0232. The molecule has 1 saturated carbocycles. The molecule has 2 heteroatoms. The van der Waals surface area contributed by atoms with Gasteiger partial charge >= 0.3 is 5.97 Å². The van der Waals surface area contributed by atoms with Gasteiger partial charge in [-0.05, 0) is 24.7 Å². The van der Waals surface area contributed by atoms with Crippen molar-refractivity contribution < 1.29 is 9.53 Å². The molecule has 1 aliphatic heterocycles. The molecule has 0 bridgehead atoms. The Morgan fingerprint density at radius 3 is 3.15 bits per heavy atom. The van der Waals surface area contributed by atoms with E-state index in [2.05, 4.69) is 13.5 Å². The molecule has 1 saturated heterocycles. The van der Waals surface area contributed by atoms with E-state index in [0.29, 0.717) is 12.3 Å². The normalized spacial score (nSPS) is 43.9. The molecule has 0 amide bonds. The molecule has 72 valence electrons. The third kappa shape index (κ3) is 1.28. The second kappa shape index (κ2) is 2.86. The van der Waals surface area contributed by atoms with Crippen molar-refractivity contribution in [2.24, 2.45) is 11.3 Å². The fourth-order valence-corrected chi connectivity index (χ4v) is 2.65. The zero-order chi connectivity index (χ0) is 9.47. The highest BCUT2D eigenvalue weighted by Gasteiger charge is 2.47. The number of carbonyl (C=O) groups is 1.